The summed E-state index contributed by atoms with van der Waals surface area (Å²) in [7, 11) is 1.58. The molecule has 3 saturated heterocycles. The lowest BCUT2D eigenvalue weighted by Gasteiger charge is -2.36. The standard InChI is InChI=1S/C29H44N4O5/c1-6-32(7-2)21-14-12-20(13-15-21)31-26(36)24-29-18-19(3)28(4,38-29)22(25(35)30-5)23(29)27(37)33(24)16-10-8-9-11-17-34/h12-15,19,22-24,34H,6-11,16-18H2,1-5H3,(H,30,35)(H,31,36)/t19?,22-,23+,24?,28+,29?/m1/s1. The Labute approximate surface area is 226 Å². The molecular weight excluding hydrogens is 484 g/mol. The molecule has 9 heteroatoms. The Balaban J connectivity index is 1.64. The van der Waals surface area contributed by atoms with Crippen molar-refractivity contribution in [3.8, 4) is 0 Å². The highest BCUT2D eigenvalue weighted by Gasteiger charge is 2.79. The molecule has 3 N–H and O–H groups in total. The molecule has 0 radical (unpaired) electrons. The highest BCUT2D eigenvalue weighted by molar-refractivity contribution is 6.03. The quantitative estimate of drug-likeness (QED) is 0.360. The van der Waals surface area contributed by atoms with Crippen LogP contribution < -0.4 is 15.5 Å². The molecule has 1 aromatic rings. The van der Waals surface area contributed by atoms with Crippen molar-refractivity contribution >= 4 is 29.1 Å². The second kappa shape index (κ2) is 11.2. The minimum Gasteiger partial charge on any atom is -0.396 e. The van der Waals surface area contributed by atoms with Crippen LogP contribution in [0.1, 0.15) is 59.8 Å². The number of amides is 3. The minimum absolute atomic E-state index is 0.0157. The van der Waals surface area contributed by atoms with Gasteiger partial charge in [0.25, 0.3) is 0 Å². The largest absolute Gasteiger partial charge is 0.396 e. The molecule has 0 aromatic heterocycles. The fourth-order valence-electron chi connectivity index (χ4n) is 7.14. The van der Waals surface area contributed by atoms with Gasteiger partial charge in [-0.25, -0.2) is 0 Å². The summed E-state index contributed by atoms with van der Waals surface area (Å²) in [6, 6.07) is 6.94. The number of carbonyl (C=O) groups is 3. The number of hydrogen-bond donors (Lipinski definition) is 3. The summed E-state index contributed by atoms with van der Waals surface area (Å²) < 4.78 is 6.69. The molecule has 3 aliphatic rings. The minimum atomic E-state index is -1.04. The van der Waals surface area contributed by atoms with Crippen LogP contribution in [0, 0.1) is 17.8 Å². The van der Waals surface area contributed by atoms with Crippen molar-refractivity contribution in [1.82, 2.24) is 10.2 Å². The van der Waals surface area contributed by atoms with Gasteiger partial charge in [-0.2, -0.15) is 0 Å². The van der Waals surface area contributed by atoms with Gasteiger partial charge in [0.2, 0.25) is 17.7 Å². The lowest BCUT2D eigenvalue weighted by atomic mass is 9.62. The maximum atomic E-state index is 14.0. The van der Waals surface area contributed by atoms with Gasteiger partial charge in [-0.1, -0.05) is 19.8 Å². The van der Waals surface area contributed by atoms with Gasteiger partial charge >= 0.3 is 0 Å². The van der Waals surface area contributed by atoms with Gasteiger partial charge in [-0.05, 0) is 70.2 Å². The number of likely N-dealkylation sites (tertiary alicyclic amines) is 1. The third kappa shape index (κ3) is 4.57. The topological polar surface area (TPSA) is 111 Å². The molecule has 1 spiro atoms. The number of carbonyl (C=O) groups excluding carboxylic acids is 3. The first kappa shape index (κ1) is 28.4. The van der Waals surface area contributed by atoms with Crippen LogP contribution in [0.15, 0.2) is 24.3 Å². The lowest BCUT2D eigenvalue weighted by molar-refractivity contribution is -0.146. The van der Waals surface area contributed by atoms with Crippen molar-refractivity contribution in [2.75, 3.05) is 43.5 Å². The van der Waals surface area contributed by atoms with Crippen LogP contribution in [0.5, 0.6) is 0 Å². The maximum absolute atomic E-state index is 14.0. The van der Waals surface area contributed by atoms with E-state index in [4.69, 9.17) is 9.84 Å². The number of nitrogens with zero attached hydrogens (tertiary/aromatic N) is 2. The summed E-state index contributed by atoms with van der Waals surface area (Å²) in [5.41, 5.74) is -0.105. The monoisotopic (exact) mass is 528 g/mol. The van der Waals surface area contributed by atoms with E-state index in [1.54, 1.807) is 11.9 Å². The Bertz CT molecular complexity index is 1030. The Morgan fingerprint density at radius 2 is 1.76 bits per heavy atom. The molecule has 3 fully saturated rings. The molecule has 3 amide bonds. The number of hydrogen-bond acceptors (Lipinski definition) is 6. The number of aliphatic hydroxyl groups is 1. The van der Waals surface area contributed by atoms with E-state index in [0.29, 0.717) is 31.5 Å². The fourth-order valence-corrected chi connectivity index (χ4v) is 7.14. The van der Waals surface area contributed by atoms with Crippen LogP contribution in [0.4, 0.5) is 11.4 Å². The first-order valence-electron chi connectivity index (χ1n) is 14.2. The van der Waals surface area contributed by atoms with Crippen LogP contribution in [0.3, 0.4) is 0 Å². The summed E-state index contributed by atoms with van der Waals surface area (Å²) in [5.74, 6) is -1.99. The number of ether oxygens (including phenoxy) is 1. The number of unbranched alkanes of at least 4 members (excludes halogenated alkanes) is 3. The van der Waals surface area contributed by atoms with E-state index in [-0.39, 0.29) is 30.2 Å². The summed E-state index contributed by atoms with van der Waals surface area (Å²) >= 11 is 0. The molecule has 210 valence electrons. The third-order valence-corrected chi connectivity index (χ3v) is 9.16. The number of rotatable bonds is 12. The number of aliphatic hydroxyl groups excluding tert-OH is 1. The summed E-state index contributed by atoms with van der Waals surface area (Å²) in [5, 5.41) is 14.9. The molecule has 3 aliphatic heterocycles. The Morgan fingerprint density at radius 3 is 2.37 bits per heavy atom. The summed E-state index contributed by atoms with van der Waals surface area (Å²) in [4.78, 5) is 44.9. The van der Waals surface area contributed by atoms with Crippen LogP contribution in [0.25, 0.3) is 0 Å². The average Bonchev–Trinajstić information content (AvgIpc) is 3.41. The van der Waals surface area contributed by atoms with Crippen LogP contribution >= 0.6 is 0 Å². The third-order valence-electron chi connectivity index (χ3n) is 9.16. The van der Waals surface area contributed by atoms with Gasteiger partial charge in [0, 0.05) is 44.7 Å². The molecule has 0 aliphatic carbocycles. The van der Waals surface area contributed by atoms with E-state index in [1.165, 1.54) is 0 Å². The molecule has 9 nitrogen and oxygen atoms in total. The maximum Gasteiger partial charge on any atom is 0.250 e. The second-order valence-electron chi connectivity index (χ2n) is 11.2. The number of nitrogens with one attached hydrogen (secondary N) is 2. The van der Waals surface area contributed by atoms with E-state index in [1.807, 2.05) is 38.1 Å². The molecule has 2 bridgehead atoms. The van der Waals surface area contributed by atoms with Gasteiger partial charge in [0.15, 0.2) is 0 Å². The number of benzene rings is 1. The average molecular weight is 529 g/mol. The molecule has 3 heterocycles. The van der Waals surface area contributed by atoms with E-state index in [0.717, 1.165) is 31.6 Å². The van der Waals surface area contributed by atoms with Crippen LogP contribution in [0.2, 0.25) is 0 Å². The molecule has 1 aromatic carbocycles. The first-order valence-corrected chi connectivity index (χ1v) is 14.2. The van der Waals surface area contributed by atoms with Gasteiger partial charge in [-0.15, -0.1) is 0 Å². The number of anilines is 2. The van der Waals surface area contributed by atoms with Gasteiger partial charge in [0.05, 0.1) is 17.4 Å². The van der Waals surface area contributed by atoms with E-state index < -0.39 is 29.1 Å². The van der Waals surface area contributed by atoms with Gasteiger partial charge < -0.3 is 30.3 Å². The van der Waals surface area contributed by atoms with Crippen molar-refractivity contribution < 1.29 is 24.2 Å². The summed E-state index contributed by atoms with van der Waals surface area (Å²) in [6.07, 6.45) is 3.68. The highest BCUT2D eigenvalue weighted by Crippen LogP contribution is 2.65. The lowest BCUT2D eigenvalue weighted by Crippen LogP contribution is -2.54. The van der Waals surface area contributed by atoms with Gasteiger partial charge in [-0.3, -0.25) is 14.4 Å². The highest BCUT2D eigenvalue weighted by atomic mass is 16.5. The van der Waals surface area contributed by atoms with Crippen LogP contribution in [-0.2, 0) is 19.1 Å². The Morgan fingerprint density at radius 1 is 1.11 bits per heavy atom. The second-order valence-corrected chi connectivity index (χ2v) is 11.2. The summed E-state index contributed by atoms with van der Waals surface area (Å²) in [6.45, 7) is 10.5. The molecule has 3 unspecified atom stereocenters. The number of fused-ring (bicyclic) bond motifs is 1. The first-order chi connectivity index (χ1) is 18.2. The molecule has 38 heavy (non-hydrogen) atoms. The predicted octanol–water partition coefficient (Wildman–Crippen LogP) is 2.78. The van der Waals surface area contributed by atoms with E-state index in [2.05, 4.69) is 29.4 Å². The zero-order valence-corrected chi connectivity index (χ0v) is 23.5. The molecule has 6 atom stereocenters. The predicted molar refractivity (Wildman–Crippen MR) is 147 cm³/mol. The van der Waals surface area contributed by atoms with Crippen molar-refractivity contribution in [1.29, 1.82) is 0 Å². The van der Waals surface area contributed by atoms with E-state index >= 15 is 0 Å². The zero-order chi connectivity index (χ0) is 27.7. The fraction of sp³-hybridized carbons (Fsp3) is 0.690. The normalized spacial score (nSPS) is 31.4. The van der Waals surface area contributed by atoms with Crippen molar-refractivity contribution in [2.45, 2.75) is 77.0 Å². The van der Waals surface area contributed by atoms with Crippen molar-refractivity contribution in [2.24, 2.45) is 17.8 Å². The van der Waals surface area contributed by atoms with E-state index in [9.17, 15) is 14.4 Å². The Kier molecular flexibility index (Phi) is 8.37. The molecule has 4 rings (SSSR count). The Hall–Kier alpha value is -2.65. The zero-order valence-electron chi connectivity index (χ0n) is 23.5. The molecule has 0 saturated carbocycles. The van der Waals surface area contributed by atoms with Crippen molar-refractivity contribution in [3.05, 3.63) is 24.3 Å². The molecular formula is C29H44N4O5. The van der Waals surface area contributed by atoms with Crippen molar-refractivity contribution in [3.63, 3.8) is 0 Å². The van der Waals surface area contributed by atoms with Crippen LogP contribution in [-0.4, -0.2) is 78.3 Å². The van der Waals surface area contributed by atoms with Gasteiger partial charge in [0.1, 0.15) is 11.6 Å². The SMILES string of the molecule is CCN(CC)c1ccc(NC(=O)C2N(CCCCCCO)C(=O)[C@@H]3[C@H](C(=O)NC)[C@@]4(C)OC23CC4C)cc1. The smallest absolute Gasteiger partial charge is 0.250 e.